The number of aliphatic hydroxyl groups excluding tert-OH is 1. The van der Waals surface area contributed by atoms with Gasteiger partial charge in [-0.2, -0.15) is 0 Å². The first-order valence-electron chi connectivity index (χ1n) is 8.50. The van der Waals surface area contributed by atoms with Crippen LogP contribution in [0.1, 0.15) is 58.3 Å². The van der Waals surface area contributed by atoms with Crippen molar-refractivity contribution in [2.24, 2.45) is 0 Å². The van der Waals surface area contributed by atoms with E-state index in [0.717, 1.165) is 25.7 Å². The van der Waals surface area contributed by atoms with E-state index in [-0.39, 0.29) is 19.6 Å². The highest BCUT2D eigenvalue weighted by Gasteiger charge is 2.25. The molecular formula is C17H32NO5+. The van der Waals surface area contributed by atoms with Crippen molar-refractivity contribution in [3.05, 3.63) is 12.2 Å². The van der Waals surface area contributed by atoms with Crippen molar-refractivity contribution in [3.8, 4) is 0 Å². The molecule has 6 heteroatoms. The van der Waals surface area contributed by atoms with Crippen LogP contribution in [0.3, 0.4) is 0 Å². The highest BCUT2D eigenvalue weighted by atomic mass is 16.4. The fourth-order valence-corrected chi connectivity index (χ4v) is 2.59. The fraction of sp³-hybridized carbons (Fsp3) is 0.765. The molecule has 0 amide bonds. The number of unbranched alkanes of at least 4 members (excludes halogenated alkanes) is 2. The molecule has 0 rings (SSSR count). The molecule has 0 aromatic carbocycles. The summed E-state index contributed by atoms with van der Waals surface area (Å²) >= 11 is 0. The number of hydrogen-bond acceptors (Lipinski definition) is 3. The summed E-state index contributed by atoms with van der Waals surface area (Å²) in [4.78, 5) is 21.4. The van der Waals surface area contributed by atoms with Crippen LogP contribution in [0, 0.1) is 0 Å². The quantitative estimate of drug-likeness (QED) is 0.186. The van der Waals surface area contributed by atoms with Crippen molar-refractivity contribution in [3.63, 3.8) is 0 Å². The Labute approximate surface area is 139 Å². The third-order valence-electron chi connectivity index (χ3n) is 4.01. The highest BCUT2D eigenvalue weighted by Crippen LogP contribution is 2.13. The predicted molar refractivity (Wildman–Crippen MR) is 89.0 cm³/mol. The molecule has 3 N–H and O–H groups in total. The number of quaternary nitrogens is 1. The maximum Gasteiger partial charge on any atom is 0.303 e. The molecule has 0 fully saturated rings. The maximum atomic E-state index is 10.7. The summed E-state index contributed by atoms with van der Waals surface area (Å²) in [6.07, 6.45) is 9.55. The molecular weight excluding hydrogens is 298 g/mol. The molecule has 23 heavy (non-hydrogen) atoms. The van der Waals surface area contributed by atoms with Gasteiger partial charge in [0.2, 0.25) is 0 Å². The number of allylic oxidation sites excluding steroid dienone is 1. The minimum atomic E-state index is -0.842. The molecule has 0 spiro atoms. The monoisotopic (exact) mass is 330 g/mol. The average molecular weight is 330 g/mol. The summed E-state index contributed by atoms with van der Waals surface area (Å²) in [6.45, 7) is 3.89. The van der Waals surface area contributed by atoms with Crippen molar-refractivity contribution in [2.75, 3.05) is 26.4 Å². The highest BCUT2D eigenvalue weighted by molar-refractivity contribution is 5.66. The van der Waals surface area contributed by atoms with E-state index < -0.39 is 11.9 Å². The smallest absolute Gasteiger partial charge is 0.303 e. The Kier molecular flexibility index (Phi) is 12.3. The maximum absolute atomic E-state index is 10.7. The van der Waals surface area contributed by atoms with Crippen LogP contribution in [0.4, 0.5) is 0 Å². The van der Waals surface area contributed by atoms with Crippen molar-refractivity contribution in [1.29, 1.82) is 0 Å². The Morgan fingerprint density at radius 1 is 0.870 bits per heavy atom. The molecule has 0 unspecified atom stereocenters. The Balaban J connectivity index is 4.49. The van der Waals surface area contributed by atoms with E-state index in [1.165, 1.54) is 0 Å². The first kappa shape index (κ1) is 21.6. The molecule has 0 aliphatic heterocycles. The van der Waals surface area contributed by atoms with Gasteiger partial charge in [-0.25, -0.2) is 0 Å². The molecule has 0 saturated heterocycles. The van der Waals surface area contributed by atoms with Crippen LogP contribution in [0.5, 0.6) is 0 Å². The number of rotatable bonds is 15. The molecule has 0 aliphatic carbocycles. The zero-order chi connectivity index (χ0) is 17.6. The molecule has 0 aromatic rings. The van der Waals surface area contributed by atoms with Crippen LogP contribution in [0.25, 0.3) is 0 Å². The van der Waals surface area contributed by atoms with Gasteiger partial charge in [-0.1, -0.05) is 31.9 Å². The second-order valence-corrected chi connectivity index (χ2v) is 6.05. The standard InChI is InChI=1S/C17H31NO5/c1-2-3-4-5-6-7-12-18(15-19,13-8-10-16(20)21)14-9-11-17(22)23/h5-6,19H,2-4,7-15H2,1H3,(H-,20,21,22,23)/p+1/b6-5+. The summed E-state index contributed by atoms with van der Waals surface area (Å²) in [7, 11) is 0. The van der Waals surface area contributed by atoms with Gasteiger partial charge in [0.25, 0.3) is 0 Å². The van der Waals surface area contributed by atoms with E-state index in [9.17, 15) is 14.7 Å². The van der Waals surface area contributed by atoms with Gasteiger partial charge >= 0.3 is 11.9 Å². The predicted octanol–water partition coefficient (Wildman–Crippen LogP) is 2.62. The normalized spacial score (nSPS) is 11.9. The Morgan fingerprint density at radius 3 is 1.83 bits per heavy atom. The van der Waals surface area contributed by atoms with Gasteiger partial charge in [-0.05, 0) is 6.42 Å². The third kappa shape index (κ3) is 11.8. The van der Waals surface area contributed by atoms with Crippen LogP contribution < -0.4 is 0 Å². The Hall–Kier alpha value is -1.40. The zero-order valence-electron chi connectivity index (χ0n) is 14.2. The number of carboxylic acid groups (broad SMARTS) is 2. The van der Waals surface area contributed by atoms with E-state index in [4.69, 9.17) is 10.2 Å². The first-order chi connectivity index (χ1) is 11.0. The Morgan fingerprint density at radius 2 is 1.39 bits per heavy atom. The lowest BCUT2D eigenvalue weighted by Crippen LogP contribution is -2.50. The first-order valence-corrected chi connectivity index (χ1v) is 8.50. The fourth-order valence-electron chi connectivity index (χ4n) is 2.59. The van der Waals surface area contributed by atoms with Crippen LogP contribution >= 0.6 is 0 Å². The lowest BCUT2D eigenvalue weighted by molar-refractivity contribution is -0.945. The van der Waals surface area contributed by atoms with Crippen molar-refractivity contribution in [1.82, 2.24) is 0 Å². The van der Waals surface area contributed by atoms with Crippen LogP contribution in [0.15, 0.2) is 12.2 Å². The minimum absolute atomic E-state index is 0.0747. The summed E-state index contributed by atoms with van der Waals surface area (Å²) in [5.41, 5.74) is 0. The van der Waals surface area contributed by atoms with Crippen LogP contribution in [-0.4, -0.2) is 58.1 Å². The van der Waals surface area contributed by atoms with Gasteiger partial charge < -0.3 is 19.8 Å². The largest absolute Gasteiger partial charge is 0.481 e. The average Bonchev–Trinajstić information content (AvgIpc) is 2.49. The van der Waals surface area contributed by atoms with Crippen LogP contribution in [0.2, 0.25) is 0 Å². The van der Waals surface area contributed by atoms with Crippen LogP contribution in [-0.2, 0) is 9.59 Å². The third-order valence-corrected chi connectivity index (χ3v) is 4.01. The van der Waals surface area contributed by atoms with E-state index in [1.54, 1.807) is 0 Å². The second-order valence-electron chi connectivity index (χ2n) is 6.05. The number of carbonyl (C=O) groups is 2. The van der Waals surface area contributed by atoms with Crippen molar-refractivity contribution in [2.45, 2.75) is 58.3 Å². The number of carboxylic acids is 2. The van der Waals surface area contributed by atoms with Gasteiger partial charge in [-0.15, -0.1) is 0 Å². The van der Waals surface area contributed by atoms with E-state index >= 15 is 0 Å². The number of aliphatic carboxylic acids is 2. The number of nitrogens with zero attached hydrogens (tertiary/aromatic N) is 1. The lowest BCUT2D eigenvalue weighted by atomic mass is 10.1. The summed E-state index contributed by atoms with van der Waals surface area (Å²) in [5, 5.41) is 27.3. The summed E-state index contributed by atoms with van der Waals surface area (Å²) in [6, 6.07) is 0. The molecule has 0 bridgehead atoms. The van der Waals surface area contributed by atoms with Gasteiger partial charge in [-0.3, -0.25) is 9.59 Å². The number of aliphatic hydroxyl groups is 1. The molecule has 0 heterocycles. The van der Waals surface area contributed by atoms with Gasteiger partial charge in [0.1, 0.15) is 0 Å². The van der Waals surface area contributed by atoms with E-state index in [1.807, 2.05) is 0 Å². The van der Waals surface area contributed by atoms with Gasteiger partial charge in [0.05, 0.1) is 32.5 Å². The molecule has 6 nitrogen and oxygen atoms in total. The Bertz CT molecular complexity index is 348. The van der Waals surface area contributed by atoms with Crippen molar-refractivity contribution >= 4 is 11.9 Å². The summed E-state index contributed by atoms with van der Waals surface area (Å²) in [5.74, 6) is -1.68. The van der Waals surface area contributed by atoms with E-state index in [0.29, 0.717) is 37.0 Å². The zero-order valence-corrected chi connectivity index (χ0v) is 14.2. The summed E-state index contributed by atoms with van der Waals surface area (Å²) < 4.78 is 0.374. The SMILES string of the molecule is CCCC/C=C/CC[N+](CO)(CCCC(=O)O)CCCC(=O)O. The molecule has 0 radical (unpaired) electrons. The van der Waals surface area contributed by atoms with Gasteiger partial charge in [0, 0.05) is 19.3 Å². The molecule has 0 saturated carbocycles. The topological polar surface area (TPSA) is 94.8 Å². The number of hydrogen-bond donors (Lipinski definition) is 3. The molecule has 134 valence electrons. The molecule has 0 aliphatic rings. The second kappa shape index (κ2) is 13.1. The molecule has 0 atom stereocenters. The van der Waals surface area contributed by atoms with Gasteiger partial charge in [0.15, 0.2) is 6.73 Å². The van der Waals surface area contributed by atoms with E-state index in [2.05, 4.69) is 19.1 Å². The lowest BCUT2D eigenvalue weighted by Gasteiger charge is -2.36. The minimum Gasteiger partial charge on any atom is -0.481 e. The van der Waals surface area contributed by atoms with Crippen molar-refractivity contribution < 1.29 is 29.4 Å². The molecule has 0 aromatic heterocycles.